The van der Waals surface area contributed by atoms with Gasteiger partial charge in [0.25, 0.3) is 0 Å². The summed E-state index contributed by atoms with van der Waals surface area (Å²) in [6.45, 7) is 13.0. The molecule has 2 fully saturated rings. The predicted molar refractivity (Wildman–Crippen MR) is 258 cm³/mol. The maximum Gasteiger partial charge on any atom is 0.416 e. The van der Waals surface area contributed by atoms with E-state index >= 15 is 0 Å². The first-order valence-electron chi connectivity index (χ1n) is 22.4. The molecule has 0 radical (unpaired) electrons. The van der Waals surface area contributed by atoms with Crippen molar-refractivity contribution in [1.82, 2.24) is 4.90 Å². The topological polar surface area (TPSA) is 109 Å². The third-order valence-electron chi connectivity index (χ3n) is 11.5. The van der Waals surface area contributed by atoms with Crippen molar-refractivity contribution < 1.29 is 40.7 Å². The Balaban J connectivity index is 0.000000168. The fraction of sp³-hybridized carbons (Fsp3) is 0.288. The Kier molecular flexibility index (Phi) is 17.0. The number of carbonyl (C=O) groups excluding carboxylic acids is 3. The van der Waals surface area contributed by atoms with Crippen LogP contribution in [0, 0.1) is 0 Å². The van der Waals surface area contributed by atoms with Gasteiger partial charge in [-0.15, -0.1) is 0 Å². The molecule has 8 rings (SSSR count). The zero-order valence-corrected chi connectivity index (χ0v) is 37.7. The first kappa shape index (κ1) is 50.2. The van der Waals surface area contributed by atoms with Crippen molar-refractivity contribution in [2.75, 3.05) is 63.8 Å². The second-order valence-corrected chi connectivity index (χ2v) is 16.4. The summed E-state index contributed by atoms with van der Waals surface area (Å²) in [6, 6.07) is 32.8. The molecule has 3 aliphatic rings. The highest BCUT2D eigenvalue weighted by molar-refractivity contribution is 6.03. The lowest BCUT2D eigenvalue weighted by molar-refractivity contribution is -0.138. The van der Waals surface area contributed by atoms with Crippen molar-refractivity contribution in [3.8, 4) is 0 Å². The van der Waals surface area contributed by atoms with Gasteiger partial charge in [-0.1, -0.05) is 68.6 Å². The van der Waals surface area contributed by atoms with Crippen molar-refractivity contribution in [1.29, 1.82) is 0 Å². The molecule has 1 unspecified atom stereocenters. The number of anilines is 7. The predicted octanol–water partition coefficient (Wildman–Crippen LogP) is 12.1. The van der Waals surface area contributed by atoms with Gasteiger partial charge < -0.3 is 36.0 Å². The van der Waals surface area contributed by atoms with E-state index in [0.29, 0.717) is 41.8 Å². The van der Waals surface area contributed by atoms with Gasteiger partial charge in [0, 0.05) is 67.1 Å². The van der Waals surface area contributed by atoms with Gasteiger partial charge in [-0.2, -0.15) is 26.3 Å². The second-order valence-electron chi connectivity index (χ2n) is 16.4. The zero-order chi connectivity index (χ0) is 48.8. The molecule has 358 valence electrons. The molecule has 0 bridgehead atoms. The van der Waals surface area contributed by atoms with Crippen LogP contribution in [0.2, 0.25) is 0 Å². The number of halogens is 6. The molecule has 3 heterocycles. The molecule has 0 aromatic heterocycles. The molecular weight excluding hydrogens is 885 g/mol. The normalized spacial score (nSPS) is 16.5. The number of para-hydroxylation sites is 3. The highest BCUT2D eigenvalue weighted by atomic mass is 19.4. The summed E-state index contributed by atoms with van der Waals surface area (Å²) in [5.41, 5.74) is 4.34. The van der Waals surface area contributed by atoms with Gasteiger partial charge in [-0.3, -0.25) is 14.4 Å². The second kappa shape index (κ2) is 23.0. The summed E-state index contributed by atoms with van der Waals surface area (Å²) < 4.78 is 76.7. The Labute approximate surface area is 392 Å². The number of likely N-dealkylation sites (tertiary alicyclic amines) is 1. The van der Waals surface area contributed by atoms with Gasteiger partial charge in [0.15, 0.2) is 0 Å². The summed E-state index contributed by atoms with van der Waals surface area (Å²) in [7, 11) is 0. The van der Waals surface area contributed by atoms with Crippen LogP contribution in [0.15, 0.2) is 147 Å². The lowest BCUT2D eigenvalue weighted by atomic mass is 10.1. The van der Waals surface area contributed by atoms with E-state index in [4.69, 9.17) is 0 Å². The average Bonchev–Trinajstić information content (AvgIpc) is 3.97. The number of alkyl halides is 6. The standard InChI is InChI=1S/C18H15F3N2O.C18H25N3O.C16H15F3N2O/c1-2-17(24)23-11-15(14-8-3-4-9-16(14)23)22-13-7-5-6-12(10-13)18(19,20)21;1-2-18(22)21-12-9-16(14-21)19-15-7-6-8-17(13-15)20-10-4-3-5-11-20;1-2-15(22)21-14-9-4-3-8-13(14)20-12-7-5-6-11(10-12)16(17,18)19/h2-10,15,22H,1,11H2;2,6-8,13,16,19H,1,3-5,9-12,14H2;3-10,20H,2H2,1H3,(H,21,22)/t;16-;/m.0./s1. The number of amides is 3. The van der Waals surface area contributed by atoms with Crippen LogP contribution in [0.1, 0.15) is 61.8 Å². The van der Waals surface area contributed by atoms with Crippen molar-refractivity contribution in [2.45, 2.75) is 63.5 Å². The molecule has 0 saturated carbocycles. The van der Waals surface area contributed by atoms with Crippen LogP contribution >= 0.6 is 0 Å². The number of carbonyl (C=O) groups is 3. The smallest absolute Gasteiger partial charge is 0.380 e. The minimum atomic E-state index is -4.40. The van der Waals surface area contributed by atoms with Crippen molar-refractivity contribution in [3.63, 3.8) is 0 Å². The monoisotopic (exact) mass is 939 g/mol. The molecule has 4 N–H and O–H groups in total. The van der Waals surface area contributed by atoms with Crippen molar-refractivity contribution in [3.05, 3.63) is 163 Å². The lowest BCUT2D eigenvalue weighted by Crippen LogP contribution is -2.30. The molecule has 3 aliphatic heterocycles. The highest BCUT2D eigenvalue weighted by Crippen LogP contribution is 2.38. The molecule has 5 aromatic carbocycles. The lowest BCUT2D eigenvalue weighted by Gasteiger charge is -2.29. The summed E-state index contributed by atoms with van der Waals surface area (Å²) >= 11 is 0. The van der Waals surface area contributed by atoms with Crippen molar-refractivity contribution in [2.24, 2.45) is 0 Å². The van der Waals surface area contributed by atoms with Crippen LogP contribution < -0.4 is 31.1 Å². The Morgan fingerprint density at radius 2 is 1.24 bits per heavy atom. The molecule has 5 aromatic rings. The van der Waals surface area contributed by atoms with Crippen LogP contribution in [0.5, 0.6) is 0 Å². The molecule has 2 saturated heterocycles. The average molecular weight is 940 g/mol. The van der Waals surface area contributed by atoms with Crippen molar-refractivity contribution >= 4 is 57.5 Å². The Bertz CT molecular complexity index is 2540. The van der Waals surface area contributed by atoms with Gasteiger partial charge in [0.05, 0.1) is 35.1 Å². The number of fused-ring (bicyclic) bond motifs is 1. The maximum absolute atomic E-state index is 12.8. The van der Waals surface area contributed by atoms with E-state index in [2.05, 4.69) is 63.6 Å². The van der Waals surface area contributed by atoms with E-state index in [9.17, 15) is 40.7 Å². The number of hydrogen-bond acceptors (Lipinski definition) is 7. The summed E-state index contributed by atoms with van der Waals surface area (Å²) in [5.74, 6) is -0.375. The van der Waals surface area contributed by atoms with E-state index in [1.54, 1.807) is 42.2 Å². The molecular formula is C52H55F6N7O3. The number of piperidine rings is 1. The first-order chi connectivity index (χ1) is 32.6. The minimum absolute atomic E-state index is 0.0337. The summed E-state index contributed by atoms with van der Waals surface area (Å²) in [4.78, 5) is 41.0. The van der Waals surface area contributed by atoms with E-state index in [0.717, 1.165) is 73.8 Å². The van der Waals surface area contributed by atoms with Gasteiger partial charge in [0.2, 0.25) is 17.7 Å². The number of hydrogen-bond donors (Lipinski definition) is 4. The molecule has 2 atom stereocenters. The maximum atomic E-state index is 12.8. The summed E-state index contributed by atoms with van der Waals surface area (Å²) in [6.07, 6.45) is -0.917. The number of rotatable bonds is 11. The Hall–Kier alpha value is -7.23. The number of benzene rings is 5. The molecule has 0 aliphatic carbocycles. The van der Waals surface area contributed by atoms with Crippen LogP contribution in [0.25, 0.3) is 0 Å². The van der Waals surface area contributed by atoms with E-state index in [1.165, 1.54) is 55.3 Å². The third-order valence-corrected chi connectivity index (χ3v) is 11.5. The van der Waals surface area contributed by atoms with E-state index < -0.39 is 23.5 Å². The van der Waals surface area contributed by atoms with Gasteiger partial charge in [-0.05, 0) is 116 Å². The minimum Gasteiger partial charge on any atom is -0.380 e. The van der Waals surface area contributed by atoms with Gasteiger partial charge in [-0.25, -0.2) is 0 Å². The molecule has 68 heavy (non-hydrogen) atoms. The fourth-order valence-electron chi connectivity index (χ4n) is 8.09. The van der Waals surface area contributed by atoms with Crippen LogP contribution in [-0.2, 0) is 26.7 Å². The fourth-order valence-corrected chi connectivity index (χ4v) is 8.09. The van der Waals surface area contributed by atoms with E-state index in [-0.39, 0.29) is 23.8 Å². The van der Waals surface area contributed by atoms with E-state index in [1.807, 2.05) is 29.2 Å². The number of nitrogens with one attached hydrogen (secondary N) is 4. The summed E-state index contributed by atoms with van der Waals surface area (Å²) in [5, 5.41) is 12.3. The molecule has 10 nitrogen and oxygen atoms in total. The SMILES string of the molecule is C=CC(=O)N1CC(Nc2cccc(C(F)(F)F)c2)c2ccccc21.C=CC(=O)N1CC[C@H](Nc2cccc(N3CCCCC3)c2)C1.CCC(=O)Nc1ccccc1Nc1cccc(C(F)(F)F)c1. The first-order valence-corrected chi connectivity index (χ1v) is 22.4. The molecule has 0 spiro atoms. The van der Waals surface area contributed by atoms with Gasteiger partial charge >= 0.3 is 12.4 Å². The number of nitrogens with zero attached hydrogens (tertiary/aromatic N) is 3. The highest BCUT2D eigenvalue weighted by Gasteiger charge is 2.34. The van der Waals surface area contributed by atoms with Crippen LogP contribution in [0.4, 0.5) is 66.2 Å². The largest absolute Gasteiger partial charge is 0.416 e. The van der Waals surface area contributed by atoms with Crippen LogP contribution in [-0.4, -0.2) is 61.4 Å². The zero-order valence-electron chi connectivity index (χ0n) is 37.7. The Morgan fingerprint density at radius 1 is 0.647 bits per heavy atom. The molecule has 16 heteroatoms. The molecule has 3 amide bonds. The van der Waals surface area contributed by atoms with Crippen LogP contribution in [0.3, 0.4) is 0 Å². The third kappa shape index (κ3) is 13.7. The quantitative estimate of drug-likeness (QED) is 0.0771. The Morgan fingerprint density at radius 3 is 1.88 bits per heavy atom. The van der Waals surface area contributed by atoms with Gasteiger partial charge in [0.1, 0.15) is 0 Å².